The number of methoxy groups -OCH3 is 1. The summed E-state index contributed by atoms with van der Waals surface area (Å²) < 4.78 is 8.41. The maximum Gasteiger partial charge on any atom is 0.262 e. The van der Waals surface area contributed by atoms with E-state index in [4.69, 9.17) is 4.74 Å². The van der Waals surface area contributed by atoms with E-state index in [2.05, 4.69) is 31.0 Å². The van der Waals surface area contributed by atoms with Crippen molar-refractivity contribution in [2.45, 2.75) is 13.8 Å². The van der Waals surface area contributed by atoms with Gasteiger partial charge in [-0.3, -0.25) is 9.48 Å². The first kappa shape index (κ1) is 20.1. The van der Waals surface area contributed by atoms with Crippen LogP contribution in [0, 0.1) is 13.8 Å². The molecule has 0 aliphatic carbocycles. The Morgan fingerprint density at radius 1 is 1.00 bits per heavy atom. The predicted molar refractivity (Wildman–Crippen MR) is 116 cm³/mol. The molecular formula is C21H22N8O2. The quantitative estimate of drug-likeness (QED) is 0.495. The van der Waals surface area contributed by atoms with Gasteiger partial charge in [-0.1, -0.05) is 0 Å². The molecule has 0 aliphatic rings. The fourth-order valence-electron chi connectivity index (χ4n) is 3.12. The molecule has 0 radical (unpaired) electrons. The molecule has 10 nitrogen and oxygen atoms in total. The monoisotopic (exact) mass is 418 g/mol. The lowest BCUT2D eigenvalue weighted by Gasteiger charge is -2.08. The molecule has 0 spiro atoms. The molecule has 31 heavy (non-hydrogen) atoms. The zero-order valence-corrected chi connectivity index (χ0v) is 17.6. The number of nitrogens with one attached hydrogen (secondary N) is 2. The molecule has 0 fully saturated rings. The highest BCUT2D eigenvalue weighted by Crippen LogP contribution is 2.20. The molecule has 0 unspecified atom stereocenters. The zero-order valence-electron chi connectivity index (χ0n) is 17.6. The number of aryl methyl sites for hydroxylation is 3. The molecule has 0 saturated carbocycles. The van der Waals surface area contributed by atoms with Crippen molar-refractivity contribution in [3.8, 4) is 11.7 Å². The number of hydrogen-bond donors (Lipinski definition) is 2. The van der Waals surface area contributed by atoms with Gasteiger partial charge in [0.2, 0.25) is 5.88 Å². The van der Waals surface area contributed by atoms with Gasteiger partial charge in [0, 0.05) is 30.3 Å². The molecule has 1 amide bonds. The van der Waals surface area contributed by atoms with Gasteiger partial charge in [-0.15, -0.1) is 15.3 Å². The van der Waals surface area contributed by atoms with Crippen molar-refractivity contribution >= 4 is 23.1 Å². The first-order valence-electron chi connectivity index (χ1n) is 9.56. The number of hydrogen-bond acceptors (Lipinski definition) is 7. The fraction of sp³-hybridized carbons (Fsp3) is 0.190. The smallest absolute Gasteiger partial charge is 0.262 e. The maximum atomic E-state index is 12.5. The Kier molecular flexibility index (Phi) is 5.35. The highest BCUT2D eigenvalue weighted by Gasteiger charge is 2.16. The van der Waals surface area contributed by atoms with E-state index in [0.29, 0.717) is 22.9 Å². The van der Waals surface area contributed by atoms with Crippen LogP contribution in [0.2, 0.25) is 0 Å². The number of rotatable bonds is 6. The predicted octanol–water partition coefficient (Wildman–Crippen LogP) is 3.02. The summed E-state index contributed by atoms with van der Waals surface area (Å²) in [5.74, 6) is 1.24. The Labute approximate surface area is 178 Å². The third-order valence-corrected chi connectivity index (χ3v) is 4.53. The van der Waals surface area contributed by atoms with E-state index in [1.807, 2.05) is 44.2 Å². The van der Waals surface area contributed by atoms with Crippen LogP contribution in [0.4, 0.5) is 17.2 Å². The average Bonchev–Trinajstić information content (AvgIpc) is 3.31. The van der Waals surface area contributed by atoms with E-state index in [1.165, 1.54) is 11.8 Å². The molecule has 0 bridgehead atoms. The van der Waals surface area contributed by atoms with E-state index in [9.17, 15) is 4.79 Å². The Hall–Kier alpha value is -4.21. The second kappa shape index (κ2) is 8.27. The first-order chi connectivity index (χ1) is 14.9. The van der Waals surface area contributed by atoms with Crippen molar-refractivity contribution in [3.63, 3.8) is 0 Å². The van der Waals surface area contributed by atoms with Crippen molar-refractivity contribution < 1.29 is 9.53 Å². The van der Waals surface area contributed by atoms with Gasteiger partial charge in [0.15, 0.2) is 11.6 Å². The number of carbonyl (C=O) groups excluding carboxylic acids is 1. The maximum absolute atomic E-state index is 12.5. The summed E-state index contributed by atoms with van der Waals surface area (Å²) in [4.78, 5) is 12.5. The largest absolute Gasteiger partial charge is 0.479 e. The van der Waals surface area contributed by atoms with Crippen molar-refractivity contribution in [3.05, 3.63) is 65.6 Å². The molecule has 3 aromatic heterocycles. The summed E-state index contributed by atoms with van der Waals surface area (Å²) >= 11 is 0. The lowest BCUT2D eigenvalue weighted by molar-refractivity contribution is 0.102. The van der Waals surface area contributed by atoms with Crippen molar-refractivity contribution in [1.82, 2.24) is 29.8 Å². The molecule has 0 saturated heterocycles. The van der Waals surface area contributed by atoms with Crippen LogP contribution >= 0.6 is 0 Å². The van der Waals surface area contributed by atoms with Crippen LogP contribution in [0.1, 0.15) is 21.7 Å². The summed E-state index contributed by atoms with van der Waals surface area (Å²) in [7, 11) is 3.21. The Morgan fingerprint density at radius 2 is 1.74 bits per heavy atom. The Balaban J connectivity index is 1.41. The lowest BCUT2D eigenvalue weighted by atomic mass is 10.2. The summed E-state index contributed by atoms with van der Waals surface area (Å²) in [6.07, 6.45) is 1.61. The van der Waals surface area contributed by atoms with Gasteiger partial charge in [0.1, 0.15) is 5.56 Å². The molecule has 0 aliphatic heterocycles. The van der Waals surface area contributed by atoms with Crippen LogP contribution in [0.15, 0.2) is 48.7 Å². The average molecular weight is 418 g/mol. The molecule has 4 aromatic rings. The summed E-state index contributed by atoms with van der Waals surface area (Å²) in [5, 5.41) is 23.0. The normalized spacial score (nSPS) is 10.7. The minimum absolute atomic E-state index is 0.278. The number of ether oxygens (including phenoxy) is 1. The molecule has 3 heterocycles. The molecule has 0 atom stereocenters. The van der Waals surface area contributed by atoms with E-state index in [0.717, 1.165) is 17.1 Å². The van der Waals surface area contributed by atoms with Crippen molar-refractivity contribution in [2.24, 2.45) is 7.05 Å². The van der Waals surface area contributed by atoms with E-state index >= 15 is 0 Å². The second-order valence-corrected chi connectivity index (χ2v) is 7.00. The standard InChI is InChI=1S/C21H22N8O2/c1-13-11-14(2)29(26-13)19-10-9-18(24-25-19)22-15-5-7-16(8-6-15)23-20(30)17-12-28(3)27-21(17)31-4/h5-12H,1-4H3,(H,22,24)(H,23,30). The zero-order chi connectivity index (χ0) is 22.0. The number of benzene rings is 1. The molecule has 158 valence electrons. The molecule has 10 heteroatoms. The SMILES string of the molecule is COc1nn(C)cc1C(=O)Nc1ccc(Nc2ccc(-n3nc(C)cc3C)nn2)cc1. The Bertz CT molecular complexity index is 1210. The van der Waals surface area contributed by atoms with Gasteiger partial charge in [-0.2, -0.15) is 5.10 Å². The van der Waals surface area contributed by atoms with Crippen LogP contribution in [-0.4, -0.2) is 42.8 Å². The van der Waals surface area contributed by atoms with Crippen molar-refractivity contribution in [1.29, 1.82) is 0 Å². The summed E-state index contributed by atoms with van der Waals surface area (Å²) in [6, 6.07) is 12.9. The molecule has 2 N–H and O–H groups in total. The van der Waals surface area contributed by atoms with E-state index in [-0.39, 0.29) is 11.8 Å². The van der Waals surface area contributed by atoms with Gasteiger partial charge in [-0.25, -0.2) is 4.68 Å². The van der Waals surface area contributed by atoms with Crippen LogP contribution in [0.3, 0.4) is 0 Å². The second-order valence-electron chi connectivity index (χ2n) is 7.00. The van der Waals surface area contributed by atoms with Gasteiger partial charge < -0.3 is 15.4 Å². The lowest BCUT2D eigenvalue weighted by Crippen LogP contribution is -2.12. The summed E-state index contributed by atoms with van der Waals surface area (Å²) in [5.41, 5.74) is 3.74. The van der Waals surface area contributed by atoms with Crippen LogP contribution in [-0.2, 0) is 7.05 Å². The molecular weight excluding hydrogens is 396 g/mol. The number of carbonyl (C=O) groups is 1. The number of nitrogens with zero attached hydrogens (tertiary/aromatic N) is 6. The minimum atomic E-state index is -0.295. The Morgan fingerprint density at radius 3 is 2.35 bits per heavy atom. The van der Waals surface area contributed by atoms with Gasteiger partial charge in [0.05, 0.1) is 12.8 Å². The fourth-order valence-corrected chi connectivity index (χ4v) is 3.12. The van der Waals surface area contributed by atoms with Gasteiger partial charge >= 0.3 is 0 Å². The molecule has 1 aromatic carbocycles. The minimum Gasteiger partial charge on any atom is -0.479 e. The van der Waals surface area contributed by atoms with Crippen molar-refractivity contribution in [2.75, 3.05) is 17.7 Å². The van der Waals surface area contributed by atoms with Crippen LogP contribution < -0.4 is 15.4 Å². The summed E-state index contributed by atoms with van der Waals surface area (Å²) in [6.45, 7) is 3.91. The van der Waals surface area contributed by atoms with Crippen LogP contribution in [0.5, 0.6) is 5.88 Å². The number of amides is 1. The highest BCUT2D eigenvalue weighted by atomic mass is 16.5. The third kappa shape index (κ3) is 4.37. The van der Waals surface area contributed by atoms with Crippen LogP contribution in [0.25, 0.3) is 5.82 Å². The highest BCUT2D eigenvalue weighted by molar-refractivity contribution is 6.05. The van der Waals surface area contributed by atoms with Gasteiger partial charge in [-0.05, 0) is 56.3 Å². The van der Waals surface area contributed by atoms with E-state index < -0.39 is 0 Å². The third-order valence-electron chi connectivity index (χ3n) is 4.53. The topological polar surface area (TPSA) is 112 Å². The number of aromatic nitrogens is 6. The van der Waals surface area contributed by atoms with Gasteiger partial charge in [0.25, 0.3) is 5.91 Å². The first-order valence-corrected chi connectivity index (χ1v) is 9.56. The molecule has 4 rings (SSSR count). The van der Waals surface area contributed by atoms with E-state index in [1.54, 1.807) is 30.1 Å². The number of anilines is 3.